The van der Waals surface area contributed by atoms with Crippen LogP contribution in [0, 0.1) is 0 Å². The maximum absolute atomic E-state index is 12.0. The molecule has 1 heterocycles. The Kier molecular flexibility index (Phi) is 4.57. The van der Waals surface area contributed by atoms with Crippen LogP contribution in [0.4, 0.5) is 5.69 Å². The van der Waals surface area contributed by atoms with Gasteiger partial charge in [0.25, 0.3) is 0 Å². The minimum absolute atomic E-state index is 0.330. The van der Waals surface area contributed by atoms with E-state index in [1.54, 1.807) is 18.1 Å². The largest absolute Gasteiger partial charge is 0.462 e. The second-order valence-electron chi connectivity index (χ2n) is 4.44. The molecule has 0 amide bonds. The number of anilines is 1. The van der Waals surface area contributed by atoms with E-state index in [1.807, 2.05) is 32.3 Å². The number of halogens is 1. The van der Waals surface area contributed by atoms with Crippen LogP contribution >= 0.6 is 15.9 Å². The van der Waals surface area contributed by atoms with E-state index in [1.165, 1.54) is 0 Å². The van der Waals surface area contributed by atoms with Crippen molar-refractivity contribution < 1.29 is 9.53 Å². The van der Waals surface area contributed by atoms with E-state index >= 15 is 0 Å². The maximum atomic E-state index is 12.0. The molecule has 0 bridgehead atoms. The predicted molar refractivity (Wildman–Crippen MR) is 82.7 cm³/mol. The summed E-state index contributed by atoms with van der Waals surface area (Å²) in [7, 11) is 3.72. The van der Waals surface area contributed by atoms with Crippen molar-refractivity contribution in [3.8, 4) is 0 Å². The molecule has 1 aromatic heterocycles. The first kappa shape index (κ1) is 14.7. The summed E-state index contributed by atoms with van der Waals surface area (Å²) in [6.45, 7) is 2.11. The number of carbonyl (C=O) groups excluding carboxylic acids is 1. The lowest BCUT2D eigenvalue weighted by molar-refractivity contribution is 0.0527. The Morgan fingerprint density at radius 1 is 1.45 bits per heavy atom. The molecule has 5 nitrogen and oxygen atoms in total. The normalized spacial score (nSPS) is 10.8. The lowest BCUT2D eigenvalue weighted by Crippen LogP contribution is -2.22. The molecular weight excluding hydrogens is 322 g/mol. The van der Waals surface area contributed by atoms with E-state index in [2.05, 4.69) is 26.3 Å². The van der Waals surface area contributed by atoms with E-state index in [4.69, 9.17) is 4.74 Å². The van der Waals surface area contributed by atoms with Gasteiger partial charge in [-0.05, 0) is 25.1 Å². The van der Waals surface area contributed by atoms with Gasteiger partial charge in [0.05, 0.1) is 17.8 Å². The lowest BCUT2D eigenvalue weighted by Gasteiger charge is -2.18. The van der Waals surface area contributed by atoms with E-state index in [9.17, 15) is 4.79 Å². The van der Waals surface area contributed by atoms with Crippen molar-refractivity contribution >= 4 is 38.5 Å². The number of aromatic nitrogens is 1. The van der Waals surface area contributed by atoms with E-state index in [0.29, 0.717) is 17.9 Å². The smallest absolute Gasteiger partial charge is 0.341 e. The molecule has 0 fully saturated rings. The van der Waals surface area contributed by atoms with Crippen molar-refractivity contribution in [2.24, 2.45) is 0 Å². The molecule has 20 heavy (non-hydrogen) atoms. The Labute approximate surface area is 126 Å². The van der Waals surface area contributed by atoms with Gasteiger partial charge in [-0.25, -0.2) is 9.80 Å². The van der Waals surface area contributed by atoms with Gasteiger partial charge in [-0.2, -0.15) is 0 Å². The molecule has 0 radical (unpaired) electrons. The first-order chi connectivity index (χ1) is 9.52. The summed E-state index contributed by atoms with van der Waals surface area (Å²) in [4.78, 5) is 16.4. The summed E-state index contributed by atoms with van der Waals surface area (Å²) in [5.41, 5.74) is 5.08. The SMILES string of the molecule is CCOC(=O)c1cnc2ccc(Br)cc2c1NN(C)C. The van der Waals surface area contributed by atoms with Crippen molar-refractivity contribution in [3.05, 3.63) is 34.4 Å². The van der Waals surface area contributed by atoms with Gasteiger partial charge >= 0.3 is 5.97 Å². The molecule has 2 aromatic rings. The van der Waals surface area contributed by atoms with Crippen LogP contribution in [-0.2, 0) is 4.74 Å². The van der Waals surface area contributed by atoms with Crippen molar-refractivity contribution in [2.45, 2.75) is 6.92 Å². The average molecular weight is 338 g/mol. The number of hydrogen-bond donors (Lipinski definition) is 1. The highest BCUT2D eigenvalue weighted by Crippen LogP contribution is 2.29. The Bertz CT molecular complexity index is 644. The number of hydrogen-bond acceptors (Lipinski definition) is 5. The number of ether oxygens (including phenoxy) is 1. The summed E-state index contributed by atoms with van der Waals surface area (Å²) in [6, 6.07) is 5.74. The van der Waals surface area contributed by atoms with Crippen molar-refractivity contribution in [2.75, 3.05) is 26.1 Å². The Hall–Kier alpha value is -1.66. The second kappa shape index (κ2) is 6.19. The summed E-state index contributed by atoms with van der Waals surface area (Å²) in [5, 5.41) is 2.64. The van der Waals surface area contributed by atoms with Crippen LogP contribution in [0.2, 0.25) is 0 Å². The Morgan fingerprint density at radius 2 is 2.20 bits per heavy atom. The van der Waals surface area contributed by atoms with Crippen LogP contribution in [-0.4, -0.2) is 36.7 Å². The van der Waals surface area contributed by atoms with Gasteiger partial charge in [-0.15, -0.1) is 0 Å². The summed E-state index contributed by atoms with van der Waals surface area (Å²) < 4.78 is 6.01. The van der Waals surface area contributed by atoms with Crippen LogP contribution in [0.25, 0.3) is 10.9 Å². The van der Waals surface area contributed by atoms with Crippen LogP contribution < -0.4 is 5.43 Å². The molecule has 0 aliphatic carbocycles. The molecule has 2 rings (SSSR count). The lowest BCUT2D eigenvalue weighted by atomic mass is 10.1. The number of benzene rings is 1. The predicted octanol–water partition coefficient (Wildman–Crippen LogP) is 3.06. The topological polar surface area (TPSA) is 54.5 Å². The van der Waals surface area contributed by atoms with Crippen LogP contribution in [0.15, 0.2) is 28.9 Å². The summed E-state index contributed by atoms with van der Waals surface area (Å²) in [6.07, 6.45) is 1.54. The third-order valence-corrected chi connectivity index (χ3v) is 3.15. The molecule has 0 spiro atoms. The molecule has 0 aliphatic heterocycles. The summed E-state index contributed by atoms with van der Waals surface area (Å²) in [5.74, 6) is -0.383. The fourth-order valence-corrected chi connectivity index (χ4v) is 2.23. The van der Waals surface area contributed by atoms with E-state index < -0.39 is 0 Å². The summed E-state index contributed by atoms with van der Waals surface area (Å²) >= 11 is 3.44. The number of carbonyl (C=O) groups is 1. The maximum Gasteiger partial charge on any atom is 0.341 e. The standard InChI is InChI=1S/C14H16BrN3O2/c1-4-20-14(19)11-8-16-12-6-5-9(15)7-10(12)13(11)17-18(2)3/h5-8H,4H2,1-3H3,(H,16,17). The minimum Gasteiger partial charge on any atom is -0.462 e. The van der Waals surface area contributed by atoms with E-state index in [0.717, 1.165) is 15.4 Å². The van der Waals surface area contributed by atoms with Gasteiger partial charge in [0.1, 0.15) is 5.56 Å². The number of hydrazine groups is 1. The van der Waals surface area contributed by atoms with Crippen molar-refractivity contribution in [3.63, 3.8) is 0 Å². The van der Waals surface area contributed by atoms with Gasteiger partial charge in [0.2, 0.25) is 0 Å². The molecule has 0 atom stereocenters. The zero-order chi connectivity index (χ0) is 14.7. The molecule has 0 aliphatic rings. The second-order valence-corrected chi connectivity index (χ2v) is 5.35. The number of rotatable bonds is 4. The van der Waals surface area contributed by atoms with Gasteiger partial charge in [0, 0.05) is 30.2 Å². The van der Waals surface area contributed by atoms with E-state index in [-0.39, 0.29) is 5.97 Å². The molecular formula is C14H16BrN3O2. The highest BCUT2D eigenvalue weighted by atomic mass is 79.9. The van der Waals surface area contributed by atoms with Gasteiger partial charge in [0.15, 0.2) is 0 Å². The molecule has 0 saturated heterocycles. The van der Waals surface area contributed by atoms with Crippen molar-refractivity contribution in [1.29, 1.82) is 0 Å². The number of nitrogens with zero attached hydrogens (tertiary/aromatic N) is 2. The minimum atomic E-state index is -0.383. The fraction of sp³-hybridized carbons (Fsp3) is 0.286. The van der Waals surface area contributed by atoms with Gasteiger partial charge in [-0.3, -0.25) is 4.98 Å². The number of pyridine rings is 1. The molecule has 0 unspecified atom stereocenters. The first-order valence-corrected chi connectivity index (χ1v) is 7.01. The monoisotopic (exact) mass is 337 g/mol. The zero-order valence-electron chi connectivity index (χ0n) is 11.6. The van der Waals surface area contributed by atoms with Gasteiger partial charge in [-0.1, -0.05) is 15.9 Å². The molecule has 1 aromatic carbocycles. The third-order valence-electron chi connectivity index (χ3n) is 2.66. The Morgan fingerprint density at radius 3 is 2.85 bits per heavy atom. The number of fused-ring (bicyclic) bond motifs is 1. The molecule has 106 valence electrons. The molecule has 6 heteroatoms. The highest BCUT2D eigenvalue weighted by molar-refractivity contribution is 9.10. The average Bonchev–Trinajstić information content (AvgIpc) is 2.39. The number of nitrogens with one attached hydrogen (secondary N) is 1. The van der Waals surface area contributed by atoms with Crippen LogP contribution in [0.1, 0.15) is 17.3 Å². The highest BCUT2D eigenvalue weighted by Gasteiger charge is 2.17. The Balaban J connectivity index is 2.64. The quantitative estimate of drug-likeness (QED) is 0.686. The first-order valence-electron chi connectivity index (χ1n) is 6.22. The van der Waals surface area contributed by atoms with Crippen LogP contribution in [0.3, 0.4) is 0 Å². The zero-order valence-corrected chi connectivity index (χ0v) is 13.2. The van der Waals surface area contributed by atoms with Crippen LogP contribution in [0.5, 0.6) is 0 Å². The number of esters is 1. The van der Waals surface area contributed by atoms with Crippen molar-refractivity contribution in [1.82, 2.24) is 9.99 Å². The van der Waals surface area contributed by atoms with Gasteiger partial charge < -0.3 is 10.2 Å². The molecule has 0 saturated carbocycles. The molecule has 1 N–H and O–H groups in total. The fourth-order valence-electron chi connectivity index (χ4n) is 1.87. The third kappa shape index (κ3) is 3.08.